The van der Waals surface area contributed by atoms with Crippen LogP contribution in [0.25, 0.3) is 0 Å². The predicted octanol–water partition coefficient (Wildman–Crippen LogP) is 6.96. The van der Waals surface area contributed by atoms with Crippen LogP contribution in [0.5, 0.6) is 0 Å². The molecule has 0 radical (unpaired) electrons. The van der Waals surface area contributed by atoms with Crippen LogP contribution in [0.15, 0.2) is 0 Å². The monoisotopic (exact) mass is 335 g/mol. The molecular weight excluding hydrogens is 290 g/mol. The summed E-state index contributed by atoms with van der Waals surface area (Å²) < 4.78 is 0. The number of rotatable bonds is 9. The van der Waals surface area contributed by atoms with E-state index in [1.54, 1.807) is 6.42 Å². The fourth-order valence-electron chi connectivity index (χ4n) is 5.04. The van der Waals surface area contributed by atoms with Gasteiger partial charge in [0.05, 0.1) is 0 Å². The molecule has 2 saturated carbocycles. The Bertz CT molecular complexity index is 310. The van der Waals surface area contributed by atoms with Gasteiger partial charge in [-0.15, -0.1) is 0 Å². The van der Waals surface area contributed by atoms with Crippen molar-refractivity contribution in [3.8, 4) is 0 Å². The van der Waals surface area contributed by atoms with Gasteiger partial charge in [-0.25, -0.2) is 0 Å². The van der Waals surface area contributed by atoms with Crippen molar-refractivity contribution in [2.24, 2.45) is 23.7 Å². The van der Waals surface area contributed by atoms with Gasteiger partial charge in [0.1, 0.15) is 0 Å². The van der Waals surface area contributed by atoms with Gasteiger partial charge in [-0.1, -0.05) is 65.7 Å². The summed E-state index contributed by atoms with van der Waals surface area (Å²) in [6, 6.07) is 1.52. The number of hydrogen-bond donors (Lipinski definition) is 1. The molecule has 1 heteroatoms. The highest BCUT2D eigenvalue weighted by Gasteiger charge is 2.27. The molecule has 0 saturated heterocycles. The highest BCUT2D eigenvalue weighted by Crippen LogP contribution is 2.38. The predicted molar refractivity (Wildman–Crippen MR) is 107 cm³/mol. The molecule has 0 aliphatic heterocycles. The molecule has 0 bridgehead atoms. The summed E-state index contributed by atoms with van der Waals surface area (Å²) >= 11 is 0. The van der Waals surface area contributed by atoms with Gasteiger partial charge in [0.25, 0.3) is 0 Å². The van der Waals surface area contributed by atoms with E-state index in [2.05, 4.69) is 33.0 Å². The van der Waals surface area contributed by atoms with E-state index in [1.807, 2.05) is 0 Å². The van der Waals surface area contributed by atoms with Gasteiger partial charge >= 0.3 is 0 Å². The molecule has 1 N–H and O–H groups in total. The molecule has 2 rings (SSSR count). The van der Waals surface area contributed by atoms with Crippen LogP contribution in [0.2, 0.25) is 0 Å². The zero-order valence-electron chi connectivity index (χ0n) is 17.2. The Labute approximate surface area is 152 Å². The van der Waals surface area contributed by atoms with E-state index >= 15 is 0 Å². The summed E-state index contributed by atoms with van der Waals surface area (Å²) in [6.07, 6.45) is 19.1. The van der Waals surface area contributed by atoms with E-state index in [0.717, 1.165) is 29.7 Å². The van der Waals surface area contributed by atoms with Crippen LogP contribution in [0, 0.1) is 23.7 Å². The van der Waals surface area contributed by atoms with Crippen molar-refractivity contribution in [2.75, 3.05) is 0 Å². The zero-order chi connectivity index (χ0) is 17.4. The summed E-state index contributed by atoms with van der Waals surface area (Å²) in [4.78, 5) is 0. The summed E-state index contributed by atoms with van der Waals surface area (Å²) in [6.45, 7) is 9.40. The number of nitrogens with one attached hydrogen (secondary N) is 1. The molecule has 1 nitrogen and oxygen atoms in total. The Balaban J connectivity index is 1.58. The fourth-order valence-corrected chi connectivity index (χ4v) is 5.04. The molecule has 142 valence electrons. The smallest absolute Gasteiger partial charge is 0.00697 e. The SMILES string of the molecule is CCC(C)CCC1CCC(CC2CCC(NC(C)CC)CC2)CC1. The van der Waals surface area contributed by atoms with E-state index in [-0.39, 0.29) is 0 Å². The Morgan fingerprint density at radius 1 is 0.750 bits per heavy atom. The van der Waals surface area contributed by atoms with Crippen molar-refractivity contribution >= 4 is 0 Å². The molecule has 0 aromatic carbocycles. The van der Waals surface area contributed by atoms with Gasteiger partial charge in [-0.2, -0.15) is 0 Å². The Morgan fingerprint density at radius 2 is 1.29 bits per heavy atom. The first-order valence-electron chi connectivity index (χ1n) is 11.4. The van der Waals surface area contributed by atoms with Crippen LogP contribution in [-0.4, -0.2) is 12.1 Å². The van der Waals surface area contributed by atoms with Crippen LogP contribution < -0.4 is 5.32 Å². The van der Waals surface area contributed by atoms with Crippen molar-refractivity contribution in [2.45, 2.75) is 123 Å². The fraction of sp³-hybridized carbons (Fsp3) is 1.00. The van der Waals surface area contributed by atoms with E-state index in [9.17, 15) is 0 Å². The average Bonchev–Trinajstić information content (AvgIpc) is 2.62. The van der Waals surface area contributed by atoms with Crippen molar-refractivity contribution in [1.29, 1.82) is 0 Å². The maximum absolute atomic E-state index is 3.83. The van der Waals surface area contributed by atoms with Crippen molar-refractivity contribution in [1.82, 2.24) is 5.32 Å². The van der Waals surface area contributed by atoms with Gasteiger partial charge in [-0.05, 0) is 69.1 Å². The van der Waals surface area contributed by atoms with Crippen LogP contribution >= 0.6 is 0 Å². The van der Waals surface area contributed by atoms with Crippen molar-refractivity contribution < 1.29 is 0 Å². The van der Waals surface area contributed by atoms with Gasteiger partial charge in [-0.3, -0.25) is 0 Å². The van der Waals surface area contributed by atoms with Gasteiger partial charge in [0.2, 0.25) is 0 Å². The number of hydrogen-bond acceptors (Lipinski definition) is 1. The van der Waals surface area contributed by atoms with Crippen molar-refractivity contribution in [3.05, 3.63) is 0 Å². The molecule has 2 aliphatic carbocycles. The Hall–Kier alpha value is -0.0400. The summed E-state index contributed by atoms with van der Waals surface area (Å²) in [5, 5.41) is 3.83. The van der Waals surface area contributed by atoms with Gasteiger partial charge < -0.3 is 5.32 Å². The molecule has 0 aromatic rings. The first-order valence-corrected chi connectivity index (χ1v) is 11.4. The quantitative estimate of drug-likeness (QED) is 0.480. The third kappa shape index (κ3) is 7.06. The topological polar surface area (TPSA) is 12.0 Å². The Kier molecular flexibility index (Phi) is 9.16. The summed E-state index contributed by atoms with van der Waals surface area (Å²) in [7, 11) is 0. The zero-order valence-corrected chi connectivity index (χ0v) is 17.2. The summed E-state index contributed by atoms with van der Waals surface area (Å²) in [5.41, 5.74) is 0. The van der Waals surface area contributed by atoms with Crippen LogP contribution in [0.1, 0.15) is 111 Å². The second-order valence-electron chi connectivity index (χ2n) is 9.41. The third-order valence-electron chi connectivity index (χ3n) is 7.38. The maximum Gasteiger partial charge on any atom is 0.00697 e. The lowest BCUT2D eigenvalue weighted by Gasteiger charge is -2.35. The average molecular weight is 336 g/mol. The lowest BCUT2D eigenvalue weighted by atomic mass is 9.73. The maximum atomic E-state index is 3.83. The van der Waals surface area contributed by atoms with Crippen molar-refractivity contribution in [3.63, 3.8) is 0 Å². The molecule has 2 aliphatic rings. The van der Waals surface area contributed by atoms with E-state index < -0.39 is 0 Å². The first kappa shape index (κ1) is 20.3. The van der Waals surface area contributed by atoms with Gasteiger partial charge in [0, 0.05) is 12.1 Å². The molecule has 24 heavy (non-hydrogen) atoms. The molecule has 2 fully saturated rings. The lowest BCUT2D eigenvalue weighted by molar-refractivity contribution is 0.188. The molecular formula is C23H45N. The highest BCUT2D eigenvalue weighted by atomic mass is 14.9. The molecule has 2 atom stereocenters. The third-order valence-corrected chi connectivity index (χ3v) is 7.38. The Morgan fingerprint density at radius 3 is 1.83 bits per heavy atom. The van der Waals surface area contributed by atoms with Gasteiger partial charge in [0.15, 0.2) is 0 Å². The second-order valence-corrected chi connectivity index (χ2v) is 9.41. The van der Waals surface area contributed by atoms with Crippen LogP contribution in [0.3, 0.4) is 0 Å². The highest BCUT2D eigenvalue weighted by molar-refractivity contribution is 4.82. The van der Waals surface area contributed by atoms with Crippen LogP contribution in [-0.2, 0) is 0 Å². The summed E-state index contributed by atoms with van der Waals surface area (Å²) in [5.74, 6) is 4.11. The molecule has 2 unspecified atom stereocenters. The normalized spacial score (nSPS) is 34.0. The first-order chi connectivity index (χ1) is 11.6. The van der Waals surface area contributed by atoms with E-state index in [4.69, 9.17) is 0 Å². The molecule has 0 spiro atoms. The second kappa shape index (κ2) is 10.8. The molecule has 0 heterocycles. The minimum absolute atomic E-state index is 0.706. The largest absolute Gasteiger partial charge is 0.312 e. The minimum Gasteiger partial charge on any atom is -0.312 e. The minimum atomic E-state index is 0.706. The van der Waals surface area contributed by atoms with E-state index in [0.29, 0.717) is 6.04 Å². The molecule has 0 aromatic heterocycles. The lowest BCUT2D eigenvalue weighted by Crippen LogP contribution is -2.39. The van der Waals surface area contributed by atoms with Crippen LogP contribution in [0.4, 0.5) is 0 Å². The van der Waals surface area contributed by atoms with E-state index in [1.165, 1.54) is 77.0 Å². The molecule has 0 amide bonds. The standard InChI is InChI=1S/C23H45N/c1-5-18(3)7-8-20-9-11-21(12-10-20)17-22-13-15-23(16-14-22)24-19(4)6-2/h18-24H,5-17H2,1-4H3.